The molecular weight excluding hydrogens is 358 g/mol. The minimum Gasteiger partial charge on any atom is -0.274 e. The van der Waals surface area contributed by atoms with Crippen molar-refractivity contribution in [1.29, 1.82) is 0 Å². The van der Waals surface area contributed by atoms with E-state index < -0.39 is 0 Å². The van der Waals surface area contributed by atoms with Crippen LogP contribution in [0, 0.1) is 6.92 Å². The van der Waals surface area contributed by atoms with Gasteiger partial charge in [0.25, 0.3) is 0 Å². The van der Waals surface area contributed by atoms with Crippen LogP contribution in [0.4, 0.5) is 5.69 Å². The van der Waals surface area contributed by atoms with Crippen LogP contribution in [0.3, 0.4) is 0 Å². The van der Waals surface area contributed by atoms with Crippen LogP contribution in [0.2, 0.25) is 0 Å². The van der Waals surface area contributed by atoms with Crippen LogP contribution in [-0.2, 0) is 41.7 Å². The fraction of sp³-hybridized carbons (Fsp3) is 0.462. The summed E-state index contributed by atoms with van der Waals surface area (Å²) in [6.45, 7) is 10.9. The van der Waals surface area contributed by atoms with Gasteiger partial charge in [0.2, 0.25) is 11.8 Å². The Morgan fingerprint density at radius 3 is 1.45 bits per heavy atom. The zero-order valence-electron chi connectivity index (χ0n) is 18.5. The number of benzene rings is 2. The predicted molar refractivity (Wildman–Crippen MR) is 120 cm³/mol. The summed E-state index contributed by atoms with van der Waals surface area (Å²) in [5.41, 5.74) is 9.92. The summed E-state index contributed by atoms with van der Waals surface area (Å²) in [7, 11) is 0. The molecule has 0 radical (unpaired) electrons. The Kier molecular flexibility index (Phi) is 6.56. The van der Waals surface area contributed by atoms with Gasteiger partial charge in [0.15, 0.2) is 0 Å². The molecule has 0 unspecified atom stereocenters. The van der Waals surface area contributed by atoms with E-state index in [0.29, 0.717) is 12.8 Å². The highest BCUT2D eigenvalue weighted by atomic mass is 16.2. The lowest BCUT2D eigenvalue weighted by Crippen LogP contribution is -2.30. The molecule has 154 valence electrons. The standard InChI is InChI=1S/C26H33NO2/c1-6-20-13-18(14-21(7-2)17(20)5)12-19-15-22(8-3)26(23(9-4)16-19)27-24(28)10-11-25(27)29/h13-16H,6-12H2,1-5H3. The van der Waals surface area contributed by atoms with Crippen molar-refractivity contribution in [3.8, 4) is 0 Å². The van der Waals surface area contributed by atoms with Crippen molar-refractivity contribution >= 4 is 17.5 Å². The van der Waals surface area contributed by atoms with Crippen molar-refractivity contribution in [2.75, 3.05) is 4.90 Å². The first-order chi connectivity index (χ1) is 13.9. The molecular formula is C26H33NO2. The summed E-state index contributed by atoms with van der Waals surface area (Å²) in [5, 5.41) is 0. The lowest BCUT2D eigenvalue weighted by atomic mass is 9.91. The van der Waals surface area contributed by atoms with E-state index in [0.717, 1.165) is 48.9 Å². The van der Waals surface area contributed by atoms with Crippen LogP contribution in [-0.4, -0.2) is 11.8 Å². The van der Waals surface area contributed by atoms with Gasteiger partial charge < -0.3 is 0 Å². The quantitative estimate of drug-likeness (QED) is 0.585. The molecule has 0 aromatic heterocycles. The van der Waals surface area contributed by atoms with Crippen LogP contribution in [0.5, 0.6) is 0 Å². The summed E-state index contributed by atoms with van der Waals surface area (Å²) < 4.78 is 0. The molecule has 29 heavy (non-hydrogen) atoms. The van der Waals surface area contributed by atoms with Crippen LogP contribution in [0.1, 0.15) is 79.5 Å². The molecule has 0 N–H and O–H groups in total. The first-order valence-electron chi connectivity index (χ1n) is 11.0. The predicted octanol–water partition coefficient (Wildman–Crippen LogP) is 5.49. The summed E-state index contributed by atoms with van der Waals surface area (Å²) in [5.74, 6) is -0.128. The third-order valence-electron chi connectivity index (χ3n) is 6.22. The van der Waals surface area contributed by atoms with Crippen LogP contribution in [0.15, 0.2) is 24.3 Å². The third kappa shape index (κ3) is 4.14. The molecule has 0 bridgehead atoms. The van der Waals surface area contributed by atoms with Crippen molar-refractivity contribution in [2.45, 2.75) is 79.6 Å². The van der Waals surface area contributed by atoms with Crippen molar-refractivity contribution in [3.05, 3.63) is 63.2 Å². The smallest absolute Gasteiger partial charge is 0.234 e. The SMILES string of the molecule is CCc1cc(Cc2cc(CC)c(N3C(=O)CCC3=O)c(CC)c2)cc(CC)c1C. The van der Waals surface area contributed by atoms with Gasteiger partial charge in [-0.15, -0.1) is 0 Å². The zero-order valence-corrected chi connectivity index (χ0v) is 18.5. The van der Waals surface area contributed by atoms with Crippen molar-refractivity contribution in [1.82, 2.24) is 0 Å². The molecule has 3 nitrogen and oxygen atoms in total. The fourth-order valence-electron chi connectivity index (χ4n) is 4.57. The first kappa shape index (κ1) is 21.3. The Bertz CT molecular complexity index is 876. The van der Waals surface area contributed by atoms with Gasteiger partial charge in [-0.2, -0.15) is 0 Å². The number of carbonyl (C=O) groups excluding carboxylic acids is 2. The number of carbonyl (C=O) groups is 2. The van der Waals surface area contributed by atoms with Crippen LogP contribution in [0.25, 0.3) is 0 Å². The van der Waals surface area contributed by atoms with Gasteiger partial charge >= 0.3 is 0 Å². The van der Waals surface area contributed by atoms with Gasteiger partial charge in [-0.05, 0) is 78.0 Å². The van der Waals surface area contributed by atoms with Crippen molar-refractivity contribution in [3.63, 3.8) is 0 Å². The number of nitrogens with zero attached hydrogens (tertiary/aromatic N) is 1. The number of amides is 2. The second kappa shape index (κ2) is 8.94. The molecule has 2 aromatic carbocycles. The number of hydrogen-bond acceptors (Lipinski definition) is 2. The Morgan fingerprint density at radius 1 is 0.690 bits per heavy atom. The highest BCUT2D eigenvalue weighted by molar-refractivity contribution is 6.20. The lowest BCUT2D eigenvalue weighted by Gasteiger charge is -2.23. The maximum absolute atomic E-state index is 12.4. The molecule has 2 amide bonds. The summed E-state index contributed by atoms with van der Waals surface area (Å²) in [6, 6.07) is 9.08. The largest absolute Gasteiger partial charge is 0.274 e. The third-order valence-corrected chi connectivity index (χ3v) is 6.22. The molecule has 0 atom stereocenters. The molecule has 1 aliphatic heterocycles. The van der Waals surface area contributed by atoms with Gasteiger partial charge in [-0.1, -0.05) is 52.0 Å². The summed E-state index contributed by atoms with van der Waals surface area (Å²) in [4.78, 5) is 26.2. The Morgan fingerprint density at radius 2 is 1.07 bits per heavy atom. The molecule has 3 heteroatoms. The number of anilines is 1. The molecule has 1 aliphatic rings. The second-order valence-electron chi connectivity index (χ2n) is 8.02. The van der Waals surface area contributed by atoms with E-state index >= 15 is 0 Å². The van der Waals surface area contributed by atoms with Gasteiger partial charge in [0.05, 0.1) is 5.69 Å². The second-order valence-corrected chi connectivity index (χ2v) is 8.02. The van der Waals surface area contributed by atoms with Crippen LogP contribution < -0.4 is 4.90 Å². The van der Waals surface area contributed by atoms with Gasteiger partial charge in [0.1, 0.15) is 0 Å². The molecule has 1 heterocycles. The molecule has 3 rings (SSSR count). The van der Waals surface area contributed by atoms with Gasteiger partial charge in [0, 0.05) is 12.8 Å². The van der Waals surface area contributed by atoms with E-state index in [2.05, 4.69) is 58.9 Å². The molecule has 1 fully saturated rings. The average molecular weight is 392 g/mol. The summed E-state index contributed by atoms with van der Waals surface area (Å²) in [6.07, 6.45) is 5.24. The molecule has 0 spiro atoms. The number of hydrogen-bond donors (Lipinski definition) is 0. The fourth-order valence-corrected chi connectivity index (χ4v) is 4.57. The van der Waals surface area contributed by atoms with E-state index in [1.807, 2.05) is 0 Å². The summed E-state index contributed by atoms with van der Waals surface area (Å²) >= 11 is 0. The van der Waals surface area contributed by atoms with E-state index in [4.69, 9.17) is 0 Å². The van der Waals surface area contributed by atoms with Crippen molar-refractivity contribution < 1.29 is 9.59 Å². The number of rotatable bonds is 7. The number of aryl methyl sites for hydroxylation is 4. The van der Waals surface area contributed by atoms with E-state index in [-0.39, 0.29) is 11.8 Å². The van der Waals surface area contributed by atoms with E-state index in [1.165, 1.54) is 32.7 Å². The average Bonchev–Trinajstić information content (AvgIpc) is 3.06. The highest BCUT2D eigenvalue weighted by Gasteiger charge is 2.33. The van der Waals surface area contributed by atoms with Gasteiger partial charge in [-0.25, -0.2) is 4.90 Å². The Balaban J connectivity index is 2.04. The maximum Gasteiger partial charge on any atom is 0.234 e. The monoisotopic (exact) mass is 391 g/mol. The minimum atomic E-state index is -0.0640. The van der Waals surface area contributed by atoms with Gasteiger partial charge in [-0.3, -0.25) is 9.59 Å². The van der Waals surface area contributed by atoms with Crippen molar-refractivity contribution in [2.24, 2.45) is 0 Å². The lowest BCUT2D eigenvalue weighted by molar-refractivity contribution is -0.121. The topological polar surface area (TPSA) is 37.4 Å². The minimum absolute atomic E-state index is 0.0640. The Labute approximate surface area is 175 Å². The molecule has 0 aliphatic carbocycles. The maximum atomic E-state index is 12.4. The van der Waals surface area contributed by atoms with Crippen LogP contribution >= 0.6 is 0 Å². The molecule has 1 saturated heterocycles. The molecule has 0 saturated carbocycles. The normalized spacial score (nSPS) is 14.2. The highest BCUT2D eigenvalue weighted by Crippen LogP contribution is 2.33. The van der Waals surface area contributed by atoms with E-state index in [9.17, 15) is 9.59 Å². The first-order valence-corrected chi connectivity index (χ1v) is 11.0. The van der Waals surface area contributed by atoms with E-state index in [1.54, 1.807) is 0 Å². The zero-order chi connectivity index (χ0) is 21.1. The Hall–Kier alpha value is -2.42. The molecule has 2 aromatic rings. The number of imide groups is 1.